The molecule has 16 heavy (non-hydrogen) atoms. The Morgan fingerprint density at radius 1 is 1.19 bits per heavy atom. The lowest BCUT2D eigenvalue weighted by Gasteiger charge is -2.12. The summed E-state index contributed by atoms with van der Waals surface area (Å²) in [6, 6.07) is 11.5. The van der Waals surface area contributed by atoms with Crippen LogP contribution in [0.5, 0.6) is 0 Å². The van der Waals surface area contributed by atoms with Crippen LogP contribution in [0.15, 0.2) is 35.2 Å². The van der Waals surface area contributed by atoms with Crippen molar-refractivity contribution in [3.63, 3.8) is 0 Å². The monoisotopic (exact) mass is 237 g/mol. The summed E-state index contributed by atoms with van der Waals surface area (Å²) in [6.07, 6.45) is 1.32. The van der Waals surface area contributed by atoms with E-state index in [1.165, 1.54) is 17.9 Å². The Labute approximate surface area is 104 Å². The van der Waals surface area contributed by atoms with E-state index in [1.807, 2.05) is 25.6 Å². The highest BCUT2D eigenvalue weighted by molar-refractivity contribution is 8.00. The van der Waals surface area contributed by atoms with Gasteiger partial charge < -0.3 is 4.90 Å². The average Bonchev–Trinajstić information content (AvgIpc) is 2.62. The molecule has 1 heterocycles. The molecule has 1 aromatic rings. The van der Waals surface area contributed by atoms with Crippen LogP contribution in [0.25, 0.3) is 0 Å². The second kappa shape index (κ2) is 6.97. The molecule has 1 fully saturated rings. The zero-order valence-corrected chi connectivity index (χ0v) is 11.6. The number of likely N-dealkylation sites (tertiary alicyclic amines) is 1. The highest BCUT2D eigenvalue weighted by Gasteiger charge is 2.26. The fourth-order valence-electron chi connectivity index (χ4n) is 1.91. The molecule has 0 aromatic heterocycles. The Balaban J connectivity index is 0.000000606. The van der Waals surface area contributed by atoms with E-state index in [4.69, 9.17) is 0 Å². The van der Waals surface area contributed by atoms with Gasteiger partial charge in [-0.15, -0.1) is 11.8 Å². The van der Waals surface area contributed by atoms with E-state index in [1.54, 1.807) is 0 Å². The minimum Gasteiger partial charge on any atom is -0.303 e. The van der Waals surface area contributed by atoms with Crippen molar-refractivity contribution < 1.29 is 0 Å². The van der Waals surface area contributed by atoms with Gasteiger partial charge in [0, 0.05) is 22.7 Å². The summed E-state index contributed by atoms with van der Waals surface area (Å²) in [5, 5.41) is 0.775. The summed E-state index contributed by atoms with van der Waals surface area (Å²) < 4.78 is 0. The van der Waals surface area contributed by atoms with E-state index in [0.717, 1.165) is 11.3 Å². The van der Waals surface area contributed by atoms with Crippen molar-refractivity contribution in [3.05, 3.63) is 30.3 Å². The molecule has 0 aliphatic carbocycles. The molecule has 1 aliphatic rings. The Morgan fingerprint density at radius 2 is 1.81 bits per heavy atom. The summed E-state index contributed by atoms with van der Waals surface area (Å²) >= 11 is 2.02. The molecule has 0 spiro atoms. The maximum atomic E-state index is 2.45. The van der Waals surface area contributed by atoms with Gasteiger partial charge in [-0.1, -0.05) is 32.0 Å². The molecule has 90 valence electrons. The first-order chi connectivity index (χ1) is 7.75. The first kappa shape index (κ1) is 13.6. The van der Waals surface area contributed by atoms with E-state index in [2.05, 4.69) is 49.2 Å². The van der Waals surface area contributed by atoms with Crippen LogP contribution in [-0.4, -0.2) is 29.8 Å². The quantitative estimate of drug-likeness (QED) is 0.767. The average molecular weight is 237 g/mol. The van der Waals surface area contributed by atoms with Gasteiger partial charge in [-0.05, 0) is 32.5 Å². The molecule has 2 atom stereocenters. The molecule has 0 radical (unpaired) electrons. The molecule has 0 saturated carbocycles. The molecule has 0 N–H and O–H groups in total. The highest BCUT2D eigenvalue weighted by atomic mass is 32.2. The standard InChI is InChI=1S/C12H17NS.C2H6/c1-10-8-12(9-13(10)2)14-11-6-4-3-5-7-11;1-2/h3-7,10,12H,8-9H2,1-2H3;1-2H3. The lowest BCUT2D eigenvalue weighted by atomic mass is 10.2. The van der Waals surface area contributed by atoms with Crippen molar-refractivity contribution in [1.29, 1.82) is 0 Å². The topological polar surface area (TPSA) is 3.24 Å². The van der Waals surface area contributed by atoms with Crippen LogP contribution in [0.1, 0.15) is 27.2 Å². The first-order valence-electron chi connectivity index (χ1n) is 6.17. The van der Waals surface area contributed by atoms with Gasteiger partial charge in [0.25, 0.3) is 0 Å². The van der Waals surface area contributed by atoms with Crippen molar-refractivity contribution in [3.8, 4) is 0 Å². The number of hydrogen-bond acceptors (Lipinski definition) is 2. The van der Waals surface area contributed by atoms with Crippen molar-refractivity contribution in [2.24, 2.45) is 0 Å². The van der Waals surface area contributed by atoms with Crippen molar-refractivity contribution in [2.75, 3.05) is 13.6 Å². The highest BCUT2D eigenvalue weighted by Crippen LogP contribution is 2.31. The summed E-state index contributed by atoms with van der Waals surface area (Å²) in [5.74, 6) is 0. The van der Waals surface area contributed by atoms with Gasteiger partial charge in [0.2, 0.25) is 0 Å². The molecule has 1 aliphatic heterocycles. The van der Waals surface area contributed by atoms with Gasteiger partial charge in [-0.2, -0.15) is 0 Å². The van der Waals surface area contributed by atoms with Gasteiger partial charge in [-0.3, -0.25) is 0 Å². The smallest absolute Gasteiger partial charge is 0.0237 e. The first-order valence-corrected chi connectivity index (χ1v) is 7.05. The SMILES string of the molecule is CC.CC1CC(Sc2ccccc2)CN1C. The van der Waals surface area contributed by atoms with Crippen LogP contribution in [0.2, 0.25) is 0 Å². The van der Waals surface area contributed by atoms with Gasteiger partial charge in [0.05, 0.1) is 0 Å². The third kappa shape index (κ3) is 3.84. The largest absolute Gasteiger partial charge is 0.303 e. The van der Waals surface area contributed by atoms with E-state index in [0.29, 0.717) is 0 Å². The van der Waals surface area contributed by atoms with Crippen LogP contribution in [0.4, 0.5) is 0 Å². The van der Waals surface area contributed by atoms with Gasteiger partial charge >= 0.3 is 0 Å². The fourth-order valence-corrected chi connectivity index (χ4v) is 3.30. The van der Waals surface area contributed by atoms with E-state index in [-0.39, 0.29) is 0 Å². The molecular formula is C14H23NS. The molecule has 2 rings (SSSR count). The number of hydrogen-bond donors (Lipinski definition) is 0. The Hall–Kier alpha value is -0.470. The van der Waals surface area contributed by atoms with Gasteiger partial charge in [0.15, 0.2) is 0 Å². The predicted molar refractivity (Wildman–Crippen MR) is 74.1 cm³/mol. The molecule has 1 aromatic carbocycles. The normalized spacial score (nSPS) is 25.0. The van der Waals surface area contributed by atoms with Crippen molar-refractivity contribution in [2.45, 2.75) is 43.4 Å². The minimum atomic E-state index is 0.746. The molecule has 2 heteroatoms. The third-order valence-corrected chi connectivity index (χ3v) is 4.11. The lowest BCUT2D eigenvalue weighted by Crippen LogP contribution is -2.21. The van der Waals surface area contributed by atoms with Crippen LogP contribution in [-0.2, 0) is 0 Å². The van der Waals surface area contributed by atoms with E-state index >= 15 is 0 Å². The van der Waals surface area contributed by atoms with Gasteiger partial charge in [0.1, 0.15) is 0 Å². The Bertz CT molecular complexity index is 276. The number of rotatable bonds is 2. The summed E-state index contributed by atoms with van der Waals surface area (Å²) in [7, 11) is 2.22. The fraction of sp³-hybridized carbons (Fsp3) is 0.571. The zero-order chi connectivity index (χ0) is 12.0. The minimum absolute atomic E-state index is 0.746. The predicted octanol–water partition coefficient (Wildman–Crippen LogP) is 3.90. The van der Waals surface area contributed by atoms with Crippen LogP contribution < -0.4 is 0 Å². The molecule has 0 bridgehead atoms. The summed E-state index contributed by atoms with van der Waals surface area (Å²) in [6.45, 7) is 7.53. The summed E-state index contributed by atoms with van der Waals surface area (Å²) in [5.41, 5.74) is 0. The van der Waals surface area contributed by atoms with E-state index < -0.39 is 0 Å². The van der Waals surface area contributed by atoms with Crippen LogP contribution >= 0.6 is 11.8 Å². The van der Waals surface area contributed by atoms with Crippen molar-refractivity contribution in [1.82, 2.24) is 4.90 Å². The maximum absolute atomic E-state index is 2.45. The van der Waals surface area contributed by atoms with Crippen LogP contribution in [0, 0.1) is 0 Å². The molecule has 1 nitrogen and oxygen atoms in total. The Kier molecular flexibility index (Phi) is 5.93. The van der Waals surface area contributed by atoms with Gasteiger partial charge in [-0.25, -0.2) is 0 Å². The lowest BCUT2D eigenvalue weighted by molar-refractivity contribution is 0.331. The maximum Gasteiger partial charge on any atom is 0.0237 e. The van der Waals surface area contributed by atoms with Crippen LogP contribution in [0.3, 0.4) is 0 Å². The molecule has 0 amide bonds. The van der Waals surface area contributed by atoms with E-state index in [9.17, 15) is 0 Å². The second-order valence-electron chi connectivity index (χ2n) is 4.08. The molecule has 2 unspecified atom stereocenters. The number of nitrogens with zero attached hydrogens (tertiary/aromatic N) is 1. The Morgan fingerprint density at radius 3 is 2.31 bits per heavy atom. The number of thioether (sulfide) groups is 1. The molecule has 1 saturated heterocycles. The van der Waals surface area contributed by atoms with Crippen molar-refractivity contribution >= 4 is 11.8 Å². The summed E-state index contributed by atoms with van der Waals surface area (Å²) in [4.78, 5) is 3.85. The number of benzene rings is 1. The molecular weight excluding hydrogens is 214 g/mol. The third-order valence-electron chi connectivity index (χ3n) is 2.89. The second-order valence-corrected chi connectivity index (χ2v) is 5.45. The zero-order valence-electron chi connectivity index (χ0n) is 10.8.